The van der Waals surface area contributed by atoms with Crippen LogP contribution in [0.3, 0.4) is 0 Å². The predicted octanol–water partition coefficient (Wildman–Crippen LogP) is 2.63. The van der Waals surface area contributed by atoms with E-state index in [0.717, 1.165) is 5.69 Å². The van der Waals surface area contributed by atoms with Crippen molar-refractivity contribution < 1.29 is 4.79 Å². The first-order chi connectivity index (χ1) is 9.25. The number of nitrogens with one attached hydrogen (secondary N) is 2. The van der Waals surface area contributed by atoms with Crippen LogP contribution in [-0.4, -0.2) is 16.7 Å². The molecule has 0 aliphatic carbocycles. The van der Waals surface area contributed by atoms with Crippen LogP contribution in [0.2, 0.25) is 0 Å². The number of pyridine rings is 1. The second kappa shape index (κ2) is 6.30. The third-order valence-electron chi connectivity index (χ3n) is 2.39. The minimum Gasteiger partial charge on any atom is -0.307 e. The van der Waals surface area contributed by atoms with Gasteiger partial charge in [0.25, 0.3) is 0 Å². The molecule has 0 fully saturated rings. The van der Waals surface area contributed by atoms with E-state index in [1.54, 1.807) is 25.3 Å². The maximum absolute atomic E-state index is 11.6. The van der Waals surface area contributed by atoms with E-state index >= 15 is 0 Å². The molecular weight excluding hydrogens is 240 g/mol. The molecule has 0 radical (unpaired) electrons. The van der Waals surface area contributed by atoms with Crippen LogP contribution >= 0.6 is 0 Å². The fourth-order valence-corrected chi connectivity index (χ4v) is 1.45. The highest BCUT2D eigenvalue weighted by molar-refractivity contribution is 5.98. The van der Waals surface area contributed by atoms with Crippen molar-refractivity contribution in [3.8, 4) is 0 Å². The molecule has 2 N–H and O–H groups in total. The van der Waals surface area contributed by atoms with Gasteiger partial charge in [0.05, 0.1) is 11.4 Å². The number of rotatable bonds is 3. The molecule has 0 unspecified atom stereocenters. The predicted molar refractivity (Wildman–Crippen MR) is 75.0 cm³/mol. The number of aromatic nitrogens is 1. The number of carbonyl (C=O) groups excluding carboxylic acids is 1. The summed E-state index contributed by atoms with van der Waals surface area (Å²) in [4.78, 5) is 15.7. The molecule has 0 aliphatic rings. The zero-order valence-corrected chi connectivity index (χ0v) is 10.5. The van der Waals surface area contributed by atoms with Crippen molar-refractivity contribution in [1.82, 2.24) is 10.4 Å². The zero-order valence-electron chi connectivity index (χ0n) is 10.5. The van der Waals surface area contributed by atoms with Crippen molar-refractivity contribution in [2.24, 2.45) is 5.10 Å². The van der Waals surface area contributed by atoms with Crippen molar-refractivity contribution in [1.29, 1.82) is 0 Å². The standard InChI is InChI=1S/C14H14N4O/c1-11(13-9-5-6-10-15-13)17-18-14(19)16-12-7-3-2-4-8-12/h2-10H,1H3,(H2,16,18,19)/b17-11-. The molecule has 0 saturated carbocycles. The van der Waals surface area contributed by atoms with Gasteiger partial charge >= 0.3 is 6.03 Å². The summed E-state index contributed by atoms with van der Waals surface area (Å²) in [6.07, 6.45) is 1.68. The van der Waals surface area contributed by atoms with Gasteiger partial charge in [-0.3, -0.25) is 4.98 Å². The van der Waals surface area contributed by atoms with E-state index in [4.69, 9.17) is 0 Å². The Hall–Kier alpha value is -2.69. The highest BCUT2D eigenvalue weighted by Gasteiger charge is 2.01. The van der Waals surface area contributed by atoms with Crippen LogP contribution < -0.4 is 10.7 Å². The number of hydrazone groups is 1. The Kier molecular flexibility index (Phi) is 4.23. The van der Waals surface area contributed by atoms with E-state index in [2.05, 4.69) is 20.8 Å². The fourth-order valence-electron chi connectivity index (χ4n) is 1.45. The number of para-hydroxylation sites is 1. The van der Waals surface area contributed by atoms with Crippen molar-refractivity contribution in [2.75, 3.05) is 5.32 Å². The lowest BCUT2D eigenvalue weighted by molar-refractivity contribution is 0.252. The molecule has 0 spiro atoms. The number of anilines is 1. The Labute approximate surface area is 111 Å². The monoisotopic (exact) mass is 254 g/mol. The molecule has 5 heteroatoms. The van der Waals surface area contributed by atoms with Gasteiger partial charge in [0.15, 0.2) is 0 Å². The first-order valence-corrected chi connectivity index (χ1v) is 5.83. The van der Waals surface area contributed by atoms with E-state index in [0.29, 0.717) is 11.4 Å². The van der Waals surface area contributed by atoms with Gasteiger partial charge in [0.1, 0.15) is 0 Å². The number of urea groups is 1. The largest absolute Gasteiger partial charge is 0.339 e. The van der Waals surface area contributed by atoms with Gasteiger partial charge in [-0.05, 0) is 31.2 Å². The normalized spacial score (nSPS) is 10.9. The number of hydrogen-bond donors (Lipinski definition) is 2. The molecule has 0 atom stereocenters. The topological polar surface area (TPSA) is 66.4 Å². The van der Waals surface area contributed by atoms with Crippen LogP contribution in [0.15, 0.2) is 59.8 Å². The van der Waals surface area contributed by atoms with Gasteiger partial charge in [-0.25, -0.2) is 10.2 Å². The number of amides is 2. The Morgan fingerprint density at radius 3 is 2.53 bits per heavy atom. The molecule has 2 aromatic rings. The van der Waals surface area contributed by atoms with Gasteiger partial charge < -0.3 is 5.32 Å². The number of carbonyl (C=O) groups is 1. The summed E-state index contributed by atoms with van der Waals surface area (Å²) in [6.45, 7) is 1.78. The SMILES string of the molecule is C/C(=N/NC(=O)Nc1ccccc1)c1ccccn1. The zero-order chi connectivity index (χ0) is 13.5. The lowest BCUT2D eigenvalue weighted by Crippen LogP contribution is -2.25. The summed E-state index contributed by atoms with van der Waals surface area (Å²) in [7, 11) is 0. The molecule has 1 aromatic carbocycles. The van der Waals surface area contributed by atoms with Gasteiger partial charge in [0.2, 0.25) is 0 Å². The first-order valence-electron chi connectivity index (χ1n) is 5.83. The highest BCUT2D eigenvalue weighted by atomic mass is 16.2. The van der Waals surface area contributed by atoms with Crippen LogP contribution in [0.25, 0.3) is 0 Å². The summed E-state index contributed by atoms with van der Waals surface area (Å²) in [5.74, 6) is 0. The van der Waals surface area contributed by atoms with Gasteiger partial charge in [-0.1, -0.05) is 24.3 Å². The van der Waals surface area contributed by atoms with Crippen molar-refractivity contribution in [3.05, 3.63) is 60.4 Å². The van der Waals surface area contributed by atoms with Crippen molar-refractivity contribution in [2.45, 2.75) is 6.92 Å². The summed E-state index contributed by atoms with van der Waals surface area (Å²) < 4.78 is 0. The molecule has 1 heterocycles. The lowest BCUT2D eigenvalue weighted by atomic mass is 10.3. The van der Waals surface area contributed by atoms with Crippen molar-refractivity contribution in [3.63, 3.8) is 0 Å². The van der Waals surface area contributed by atoms with Crippen LogP contribution in [0, 0.1) is 0 Å². The van der Waals surface area contributed by atoms with E-state index in [1.807, 2.05) is 36.4 Å². The third kappa shape index (κ3) is 3.92. The molecule has 2 amide bonds. The molecule has 0 saturated heterocycles. The highest BCUT2D eigenvalue weighted by Crippen LogP contribution is 2.04. The summed E-state index contributed by atoms with van der Waals surface area (Å²) in [5.41, 5.74) is 4.51. The first kappa shape index (κ1) is 12.8. The summed E-state index contributed by atoms with van der Waals surface area (Å²) in [6, 6.07) is 14.3. The minimum atomic E-state index is -0.388. The quantitative estimate of drug-likeness (QED) is 0.653. The van der Waals surface area contributed by atoms with Gasteiger partial charge in [-0.2, -0.15) is 5.10 Å². The van der Waals surface area contributed by atoms with Crippen LogP contribution in [0.4, 0.5) is 10.5 Å². The average Bonchev–Trinajstić information content (AvgIpc) is 2.47. The Bertz CT molecular complexity index is 567. The number of benzene rings is 1. The smallest absolute Gasteiger partial charge is 0.307 e. The van der Waals surface area contributed by atoms with E-state index < -0.39 is 0 Å². The third-order valence-corrected chi connectivity index (χ3v) is 2.39. The lowest BCUT2D eigenvalue weighted by Gasteiger charge is -2.04. The van der Waals surface area contributed by atoms with Crippen LogP contribution in [-0.2, 0) is 0 Å². The van der Waals surface area contributed by atoms with Gasteiger partial charge in [0, 0.05) is 11.9 Å². The molecular formula is C14H14N4O. The molecule has 5 nitrogen and oxygen atoms in total. The van der Waals surface area contributed by atoms with Crippen LogP contribution in [0.1, 0.15) is 12.6 Å². The molecule has 0 bridgehead atoms. The fraction of sp³-hybridized carbons (Fsp3) is 0.0714. The molecule has 19 heavy (non-hydrogen) atoms. The number of hydrogen-bond acceptors (Lipinski definition) is 3. The maximum atomic E-state index is 11.6. The molecule has 1 aromatic heterocycles. The second-order valence-corrected chi connectivity index (χ2v) is 3.84. The van der Waals surface area contributed by atoms with Crippen LogP contribution in [0.5, 0.6) is 0 Å². The summed E-state index contributed by atoms with van der Waals surface area (Å²) in [5, 5.41) is 6.65. The molecule has 2 rings (SSSR count). The van der Waals surface area contributed by atoms with Gasteiger partial charge in [-0.15, -0.1) is 0 Å². The van der Waals surface area contributed by atoms with Crippen molar-refractivity contribution >= 4 is 17.4 Å². The van der Waals surface area contributed by atoms with E-state index in [1.165, 1.54) is 0 Å². The second-order valence-electron chi connectivity index (χ2n) is 3.84. The maximum Gasteiger partial charge on any atom is 0.339 e. The Morgan fingerprint density at radius 2 is 1.84 bits per heavy atom. The molecule has 0 aliphatic heterocycles. The van der Waals surface area contributed by atoms with E-state index in [9.17, 15) is 4.79 Å². The Balaban J connectivity index is 1.93. The summed E-state index contributed by atoms with van der Waals surface area (Å²) >= 11 is 0. The number of nitrogens with zero attached hydrogens (tertiary/aromatic N) is 2. The average molecular weight is 254 g/mol. The minimum absolute atomic E-state index is 0.388. The molecule has 96 valence electrons. The van der Waals surface area contributed by atoms with E-state index in [-0.39, 0.29) is 6.03 Å². The Morgan fingerprint density at radius 1 is 1.11 bits per heavy atom.